The number of amides is 1. The molecule has 8 nitrogen and oxygen atoms in total. The van der Waals surface area contributed by atoms with Crippen LogP contribution in [0.4, 0.5) is 0 Å². The van der Waals surface area contributed by atoms with Gasteiger partial charge in [-0.25, -0.2) is 13.4 Å². The van der Waals surface area contributed by atoms with E-state index in [4.69, 9.17) is 0 Å². The number of benzene rings is 1. The van der Waals surface area contributed by atoms with Crippen molar-refractivity contribution in [2.24, 2.45) is 4.99 Å². The van der Waals surface area contributed by atoms with Crippen LogP contribution >= 0.6 is 24.0 Å². The number of rotatable bonds is 6. The zero-order chi connectivity index (χ0) is 21.6. The number of sulfone groups is 1. The van der Waals surface area contributed by atoms with Gasteiger partial charge in [-0.15, -0.1) is 24.0 Å². The van der Waals surface area contributed by atoms with E-state index in [-0.39, 0.29) is 60.0 Å². The maximum absolute atomic E-state index is 12.0. The summed E-state index contributed by atoms with van der Waals surface area (Å²) in [6, 6.07) is 10.5. The van der Waals surface area contributed by atoms with Crippen molar-refractivity contribution >= 4 is 45.7 Å². The van der Waals surface area contributed by atoms with Crippen LogP contribution < -0.4 is 10.6 Å². The molecule has 0 aromatic heterocycles. The van der Waals surface area contributed by atoms with E-state index in [1.807, 2.05) is 6.07 Å². The Morgan fingerprint density at radius 3 is 2.32 bits per heavy atom. The second-order valence-electron chi connectivity index (χ2n) is 8.38. The minimum Gasteiger partial charge on any atom is -0.354 e. The van der Waals surface area contributed by atoms with E-state index in [0.717, 1.165) is 32.5 Å². The van der Waals surface area contributed by atoms with Crippen molar-refractivity contribution in [1.29, 1.82) is 0 Å². The number of hydrogen-bond donors (Lipinski definition) is 2. The highest BCUT2D eigenvalue weighted by atomic mass is 127. The highest BCUT2D eigenvalue weighted by molar-refractivity contribution is 14.0. The molecular weight excluding hydrogens is 529 g/mol. The Kier molecular flexibility index (Phi) is 10.0. The molecule has 1 atom stereocenters. The number of likely N-dealkylation sites (N-methyl/N-ethyl adjacent to an activating group) is 1. The molecule has 2 aliphatic heterocycles. The molecule has 0 saturated carbocycles. The number of carbonyl (C=O) groups is 1. The summed E-state index contributed by atoms with van der Waals surface area (Å²) in [4.78, 5) is 20.3. The van der Waals surface area contributed by atoms with Crippen LogP contribution in [0.5, 0.6) is 0 Å². The summed E-state index contributed by atoms with van der Waals surface area (Å²) in [7, 11) is 0.415. The van der Waals surface area contributed by atoms with Gasteiger partial charge in [0.1, 0.15) is 6.54 Å². The first-order chi connectivity index (χ1) is 14.3. The third-order valence-corrected chi connectivity index (χ3v) is 7.39. The summed E-state index contributed by atoms with van der Waals surface area (Å²) in [5.41, 5.74) is 1.32. The molecule has 2 aliphatic rings. The lowest BCUT2D eigenvalue weighted by Crippen LogP contribution is -2.51. The number of halogens is 1. The van der Waals surface area contributed by atoms with Gasteiger partial charge in [-0.2, -0.15) is 0 Å². The quantitative estimate of drug-likeness (QED) is 0.306. The topological polar surface area (TPSA) is 94.1 Å². The van der Waals surface area contributed by atoms with Crippen LogP contribution in [0, 0.1) is 0 Å². The molecule has 0 radical (unpaired) electrons. The average Bonchev–Trinajstić information content (AvgIpc) is 3.06. The molecule has 2 N–H and O–H groups in total. The summed E-state index contributed by atoms with van der Waals surface area (Å²) < 4.78 is 23.6. The summed E-state index contributed by atoms with van der Waals surface area (Å²) in [5.74, 6) is 0.763. The Morgan fingerprint density at radius 1 is 1.10 bits per heavy atom. The van der Waals surface area contributed by atoms with Gasteiger partial charge in [0.05, 0.1) is 11.5 Å². The first-order valence-corrected chi connectivity index (χ1v) is 12.4. The van der Waals surface area contributed by atoms with E-state index in [2.05, 4.69) is 44.8 Å². The molecule has 174 valence electrons. The molecule has 3 rings (SSSR count). The lowest BCUT2D eigenvalue weighted by atomic mass is 10.0. The van der Waals surface area contributed by atoms with E-state index in [9.17, 15) is 13.2 Å². The standard InChI is InChI=1S/C21H33N5O3S.HI/c1-25(2)20(27)14-22-21(24-19-10-13-30(28,29)16-19)23-18-8-11-26(12-9-18)15-17-6-4-3-5-7-17;/h3-7,18-19H,8-16H2,1-2H3,(H2,22,23,24);1H. The van der Waals surface area contributed by atoms with E-state index in [1.54, 1.807) is 14.1 Å². The van der Waals surface area contributed by atoms with Crippen LogP contribution in [0.2, 0.25) is 0 Å². The predicted octanol–water partition coefficient (Wildman–Crippen LogP) is 1.08. The molecule has 2 saturated heterocycles. The van der Waals surface area contributed by atoms with Gasteiger partial charge in [-0.05, 0) is 24.8 Å². The minimum absolute atomic E-state index is 0. The Balaban J connectivity index is 0.00000341. The molecule has 31 heavy (non-hydrogen) atoms. The van der Waals surface area contributed by atoms with Crippen molar-refractivity contribution in [3.8, 4) is 0 Å². The number of hydrogen-bond acceptors (Lipinski definition) is 5. The molecule has 0 spiro atoms. The Labute approximate surface area is 202 Å². The Hall–Kier alpha value is -1.40. The van der Waals surface area contributed by atoms with Gasteiger partial charge in [0, 0.05) is 45.8 Å². The van der Waals surface area contributed by atoms with E-state index in [0.29, 0.717) is 12.4 Å². The van der Waals surface area contributed by atoms with Gasteiger partial charge in [0.15, 0.2) is 15.8 Å². The summed E-state index contributed by atoms with van der Waals surface area (Å²) >= 11 is 0. The van der Waals surface area contributed by atoms with Crippen LogP contribution in [-0.2, 0) is 21.2 Å². The lowest BCUT2D eigenvalue weighted by molar-refractivity contribution is -0.127. The van der Waals surface area contributed by atoms with Crippen LogP contribution in [0.15, 0.2) is 35.3 Å². The van der Waals surface area contributed by atoms with Crippen molar-refractivity contribution in [3.05, 3.63) is 35.9 Å². The number of carbonyl (C=O) groups excluding carboxylic acids is 1. The third-order valence-electron chi connectivity index (χ3n) is 5.62. The normalized spacial score (nSPS) is 21.9. The van der Waals surface area contributed by atoms with Crippen molar-refractivity contribution in [2.75, 3.05) is 45.2 Å². The maximum Gasteiger partial charge on any atom is 0.243 e. The molecule has 1 amide bonds. The summed E-state index contributed by atoms with van der Waals surface area (Å²) in [5, 5.41) is 6.68. The molecule has 2 fully saturated rings. The average molecular weight is 564 g/mol. The Bertz CT molecular complexity index is 840. The second-order valence-corrected chi connectivity index (χ2v) is 10.6. The number of nitrogens with one attached hydrogen (secondary N) is 2. The van der Waals surface area contributed by atoms with Gasteiger partial charge in [-0.3, -0.25) is 9.69 Å². The van der Waals surface area contributed by atoms with Gasteiger partial charge in [0.25, 0.3) is 0 Å². The van der Waals surface area contributed by atoms with Crippen molar-refractivity contribution < 1.29 is 13.2 Å². The van der Waals surface area contributed by atoms with E-state index in [1.165, 1.54) is 10.5 Å². The maximum atomic E-state index is 12.0. The van der Waals surface area contributed by atoms with Gasteiger partial charge < -0.3 is 15.5 Å². The highest BCUT2D eigenvalue weighted by Gasteiger charge is 2.29. The van der Waals surface area contributed by atoms with Crippen LogP contribution in [0.3, 0.4) is 0 Å². The second kappa shape index (κ2) is 12.0. The highest BCUT2D eigenvalue weighted by Crippen LogP contribution is 2.15. The van der Waals surface area contributed by atoms with Crippen LogP contribution in [0.1, 0.15) is 24.8 Å². The molecule has 0 aliphatic carbocycles. The van der Waals surface area contributed by atoms with E-state index >= 15 is 0 Å². The van der Waals surface area contributed by atoms with Crippen LogP contribution in [-0.4, -0.2) is 87.4 Å². The summed E-state index contributed by atoms with van der Waals surface area (Å²) in [6.45, 7) is 2.95. The molecule has 2 heterocycles. The Morgan fingerprint density at radius 2 is 1.74 bits per heavy atom. The molecule has 1 aromatic carbocycles. The van der Waals surface area contributed by atoms with E-state index < -0.39 is 9.84 Å². The van der Waals surface area contributed by atoms with Gasteiger partial charge in [0.2, 0.25) is 5.91 Å². The minimum atomic E-state index is -2.98. The summed E-state index contributed by atoms with van der Waals surface area (Å²) in [6.07, 6.45) is 2.51. The van der Waals surface area contributed by atoms with Gasteiger partial charge >= 0.3 is 0 Å². The number of guanidine groups is 1. The fraction of sp³-hybridized carbons (Fsp3) is 0.619. The molecule has 1 aromatic rings. The van der Waals surface area contributed by atoms with Crippen molar-refractivity contribution in [2.45, 2.75) is 37.9 Å². The number of piperidine rings is 1. The third kappa shape index (κ3) is 8.57. The number of aliphatic imine (C=N–C) groups is 1. The zero-order valence-corrected chi connectivity index (χ0v) is 21.4. The smallest absolute Gasteiger partial charge is 0.243 e. The zero-order valence-electron chi connectivity index (χ0n) is 18.3. The molecule has 10 heteroatoms. The number of nitrogens with zero attached hydrogens (tertiary/aromatic N) is 3. The van der Waals surface area contributed by atoms with Crippen molar-refractivity contribution in [3.63, 3.8) is 0 Å². The first-order valence-electron chi connectivity index (χ1n) is 10.5. The fourth-order valence-corrected chi connectivity index (χ4v) is 5.47. The van der Waals surface area contributed by atoms with Crippen LogP contribution in [0.25, 0.3) is 0 Å². The predicted molar refractivity (Wildman–Crippen MR) is 134 cm³/mol. The van der Waals surface area contributed by atoms with Gasteiger partial charge in [-0.1, -0.05) is 30.3 Å². The first kappa shape index (κ1) is 25.9. The number of likely N-dealkylation sites (tertiary alicyclic amines) is 1. The molecule has 1 unspecified atom stereocenters. The lowest BCUT2D eigenvalue weighted by Gasteiger charge is -2.33. The SMILES string of the molecule is CN(C)C(=O)CN=C(NC1CCN(Cc2ccccc2)CC1)NC1CCS(=O)(=O)C1.I. The largest absolute Gasteiger partial charge is 0.354 e. The monoisotopic (exact) mass is 563 g/mol. The fourth-order valence-electron chi connectivity index (χ4n) is 3.79. The van der Waals surface area contributed by atoms with Crippen molar-refractivity contribution in [1.82, 2.24) is 20.4 Å². The molecular formula is C21H34IN5O3S. The molecule has 0 bridgehead atoms.